The molecule has 110 valence electrons. The van der Waals surface area contributed by atoms with Gasteiger partial charge in [0, 0.05) is 5.69 Å². The van der Waals surface area contributed by atoms with E-state index in [2.05, 4.69) is 5.32 Å². The molecule has 5 heteroatoms. The minimum absolute atomic E-state index is 0.336. The number of carbonyl (C=O) groups excluding carboxylic acids is 1. The van der Waals surface area contributed by atoms with E-state index in [4.69, 9.17) is 10.5 Å². The number of nitrogens with one attached hydrogen (secondary N) is 1. The summed E-state index contributed by atoms with van der Waals surface area (Å²) in [4.78, 5) is 11.7. The Balaban J connectivity index is 1.78. The molecule has 4 nitrogen and oxygen atoms in total. The van der Waals surface area contributed by atoms with E-state index in [1.807, 2.05) is 0 Å². The highest BCUT2D eigenvalue weighted by molar-refractivity contribution is 5.84. The fourth-order valence-electron chi connectivity index (χ4n) is 2.68. The Kier molecular flexibility index (Phi) is 5.35. The normalized spacial score (nSPS) is 22.3. The van der Waals surface area contributed by atoms with Gasteiger partial charge in [-0.1, -0.05) is 12.8 Å². The first-order valence-electron chi connectivity index (χ1n) is 7.08. The first-order valence-corrected chi connectivity index (χ1v) is 7.08. The summed E-state index contributed by atoms with van der Waals surface area (Å²) in [5, 5.41) is 2.58. The van der Waals surface area contributed by atoms with Crippen molar-refractivity contribution in [3.05, 3.63) is 30.1 Å². The third-order valence-electron chi connectivity index (χ3n) is 3.89. The SMILES string of the molecule is NCC1CCCCC1COC(=O)Nc1ccc(F)cc1. The minimum Gasteiger partial charge on any atom is -0.449 e. The van der Waals surface area contributed by atoms with E-state index in [1.54, 1.807) is 0 Å². The Hall–Kier alpha value is -1.62. The molecule has 0 radical (unpaired) electrons. The molecule has 0 spiro atoms. The second-order valence-corrected chi connectivity index (χ2v) is 5.27. The molecule has 1 aliphatic carbocycles. The second kappa shape index (κ2) is 7.24. The Morgan fingerprint density at radius 3 is 2.55 bits per heavy atom. The van der Waals surface area contributed by atoms with Gasteiger partial charge in [-0.05, 0) is 55.5 Å². The van der Waals surface area contributed by atoms with Crippen LogP contribution in [-0.2, 0) is 4.74 Å². The van der Waals surface area contributed by atoms with E-state index < -0.39 is 6.09 Å². The third kappa shape index (κ3) is 4.20. The average Bonchev–Trinajstić information content (AvgIpc) is 2.48. The molecule has 0 aliphatic heterocycles. The van der Waals surface area contributed by atoms with Crippen LogP contribution in [0.25, 0.3) is 0 Å². The molecular formula is C15H21FN2O2. The number of halogens is 1. The van der Waals surface area contributed by atoms with E-state index in [0.717, 1.165) is 12.8 Å². The van der Waals surface area contributed by atoms with Crippen LogP contribution in [0.4, 0.5) is 14.9 Å². The van der Waals surface area contributed by atoms with Crippen LogP contribution in [0, 0.1) is 17.7 Å². The number of benzene rings is 1. The van der Waals surface area contributed by atoms with Crippen molar-refractivity contribution in [3.8, 4) is 0 Å². The lowest BCUT2D eigenvalue weighted by atomic mass is 9.80. The zero-order valence-electron chi connectivity index (χ0n) is 11.5. The summed E-state index contributed by atoms with van der Waals surface area (Å²) in [6, 6.07) is 5.59. The Morgan fingerprint density at radius 1 is 1.25 bits per heavy atom. The quantitative estimate of drug-likeness (QED) is 0.890. The van der Waals surface area contributed by atoms with Gasteiger partial charge in [0.25, 0.3) is 0 Å². The minimum atomic E-state index is -0.502. The van der Waals surface area contributed by atoms with Crippen LogP contribution in [-0.4, -0.2) is 19.2 Å². The first kappa shape index (κ1) is 14.8. The summed E-state index contributed by atoms with van der Waals surface area (Å²) in [5.41, 5.74) is 6.27. The predicted molar refractivity (Wildman–Crippen MR) is 75.9 cm³/mol. The summed E-state index contributed by atoms with van der Waals surface area (Å²) in [6.07, 6.45) is 4.05. The standard InChI is InChI=1S/C15H21FN2O2/c16-13-5-7-14(8-6-13)18-15(19)20-10-12-4-2-1-3-11(12)9-17/h5-8,11-12H,1-4,9-10,17H2,(H,18,19). The molecular weight excluding hydrogens is 259 g/mol. The summed E-state index contributed by atoms with van der Waals surface area (Å²) in [6.45, 7) is 1.04. The molecule has 1 aromatic carbocycles. The lowest BCUT2D eigenvalue weighted by molar-refractivity contribution is 0.104. The molecule has 1 saturated carbocycles. The van der Waals surface area contributed by atoms with Crippen molar-refractivity contribution in [2.24, 2.45) is 17.6 Å². The molecule has 2 rings (SSSR count). The van der Waals surface area contributed by atoms with Crippen molar-refractivity contribution in [2.45, 2.75) is 25.7 Å². The average molecular weight is 280 g/mol. The zero-order valence-corrected chi connectivity index (χ0v) is 11.5. The molecule has 3 N–H and O–H groups in total. The topological polar surface area (TPSA) is 64.3 Å². The number of ether oxygens (including phenoxy) is 1. The van der Waals surface area contributed by atoms with Crippen molar-refractivity contribution in [1.29, 1.82) is 0 Å². The molecule has 20 heavy (non-hydrogen) atoms. The monoisotopic (exact) mass is 280 g/mol. The van der Waals surface area contributed by atoms with E-state index >= 15 is 0 Å². The van der Waals surface area contributed by atoms with Crippen molar-refractivity contribution in [3.63, 3.8) is 0 Å². The molecule has 0 saturated heterocycles. The first-order chi connectivity index (χ1) is 9.69. The maximum Gasteiger partial charge on any atom is 0.411 e. The smallest absolute Gasteiger partial charge is 0.411 e. The fourth-order valence-corrected chi connectivity index (χ4v) is 2.68. The molecule has 1 amide bonds. The number of nitrogens with two attached hydrogens (primary N) is 1. The van der Waals surface area contributed by atoms with E-state index in [1.165, 1.54) is 37.1 Å². The Bertz CT molecular complexity index is 436. The van der Waals surface area contributed by atoms with Crippen molar-refractivity contribution in [1.82, 2.24) is 0 Å². The van der Waals surface area contributed by atoms with Crippen LogP contribution in [0.3, 0.4) is 0 Å². The lowest BCUT2D eigenvalue weighted by Gasteiger charge is -2.30. The number of hydrogen-bond donors (Lipinski definition) is 2. The second-order valence-electron chi connectivity index (χ2n) is 5.27. The van der Waals surface area contributed by atoms with E-state index in [9.17, 15) is 9.18 Å². The van der Waals surface area contributed by atoms with E-state index in [-0.39, 0.29) is 5.82 Å². The van der Waals surface area contributed by atoms with Gasteiger partial charge in [0.1, 0.15) is 5.82 Å². The molecule has 0 bridgehead atoms. The number of hydrogen-bond acceptors (Lipinski definition) is 3. The van der Waals surface area contributed by atoms with Gasteiger partial charge in [-0.15, -0.1) is 0 Å². The molecule has 2 unspecified atom stereocenters. The van der Waals surface area contributed by atoms with Crippen LogP contribution in [0.1, 0.15) is 25.7 Å². The van der Waals surface area contributed by atoms with E-state index in [0.29, 0.717) is 30.7 Å². The third-order valence-corrected chi connectivity index (χ3v) is 3.89. The van der Waals surface area contributed by atoms with Gasteiger partial charge in [-0.3, -0.25) is 5.32 Å². The molecule has 1 fully saturated rings. The number of amides is 1. The van der Waals surface area contributed by atoms with Crippen LogP contribution in [0.15, 0.2) is 24.3 Å². The Labute approximate surface area is 118 Å². The van der Waals surface area contributed by atoms with Gasteiger partial charge in [0.15, 0.2) is 0 Å². The van der Waals surface area contributed by atoms with Crippen LogP contribution in [0.2, 0.25) is 0 Å². The lowest BCUT2D eigenvalue weighted by Crippen LogP contribution is -2.31. The molecule has 1 aliphatic rings. The highest BCUT2D eigenvalue weighted by Gasteiger charge is 2.25. The van der Waals surface area contributed by atoms with Crippen molar-refractivity contribution < 1.29 is 13.9 Å². The Morgan fingerprint density at radius 2 is 1.90 bits per heavy atom. The van der Waals surface area contributed by atoms with Gasteiger partial charge < -0.3 is 10.5 Å². The zero-order chi connectivity index (χ0) is 14.4. The van der Waals surface area contributed by atoms with Gasteiger partial charge in [0.05, 0.1) is 6.61 Å². The van der Waals surface area contributed by atoms with Crippen molar-refractivity contribution >= 4 is 11.8 Å². The maximum absolute atomic E-state index is 12.7. The van der Waals surface area contributed by atoms with Crippen LogP contribution < -0.4 is 11.1 Å². The summed E-state index contributed by atoms with van der Waals surface area (Å²) < 4.78 is 18.0. The molecule has 1 aromatic rings. The van der Waals surface area contributed by atoms with Gasteiger partial charge in [-0.25, -0.2) is 9.18 Å². The van der Waals surface area contributed by atoms with Gasteiger partial charge >= 0.3 is 6.09 Å². The van der Waals surface area contributed by atoms with Crippen LogP contribution >= 0.6 is 0 Å². The van der Waals surface area contributed by atoms with Gasteiger partial charge in [0.2, 0.25) is 0 Å². The molecule has 0 aromatic heterocycles. The molecule has 0 heterocycles. The van der Waals surface area contributed by atoms with Gasteiger partial charge in [-0.2, -0.15) is 0 Å². The summed E-state index contributed by atoms with van der Waals surface area (Å²) in [5.74, 6) is 0.465. The highest BCUT2D eigenvalue weighted by atomic mass is 19.1. The predicted octanol–water partition coefficient (Wildman–Crippen LogP) is 3.14. The molecule has 2 atom stereocenters. The fraction of sp³-hybridized carbons (Fsp3) is 0.533. The summed E-state index contributed by atoms with van der Waals surface area (Å²) in [7, 11) is 0. The summed E-state index contributed by atoms with van der Waals surface area (Å²) >= 11 is 0. The number of anilines is 1. The van der Waals surface area contributed by atoms with Crippen LogP contribution in [0.5, 0.6) is 0 Å². The number of rotatable bonds is 4. The maximum atomic E-state index is 12.7. The van der Waals surface area contributed by atoms with Crippen molar-refractivity contribution in [2.75, 3.05) is 18.5 Å². The number of carbonyl (C=O) groups is 1. The largest absolute Gasteiger partial charge is 0.449 e. The highest BCUT2D eigenvalue weighted by Crippen LogP contribution is 2.29.